The first kappa shape index (κ1) is 19.6. The Morgan fingerprint density at radius 2 is 1.81 bits per heavy atom. The zero-order chi connectivity index (χ0) is 19.4. The Morgan fingerprint density at radius 1 is 1.11 bits per heavy atom. The number of thioether (sulfide) groups is 1. The van der Waals surface area contributed by atoms with E-state index in [1.807, 2.05) is 11.8 Å². The number of aromatic carboxylic acids is 1. The molecule has 140 valence electrons. The summed E-state index contributed by atoms with van der Waals surface area (Å²) in [6, 6.07) is 11.4. The monoisotopic (exact) mass is 378 g/mol. The highest BCUT2D eigenvalue weighted by molar-refractivity contribution is 7.99. The van der Waals surface area contributed by atoms with Gasteiger partial charge in [0.25, 0.3) is 0 Å². The molecule has 0 aromatic heterocycles. The molecular weight excluding hydrogens is 352 g/mol. The zero-order valence-corrected chi connectivity index (χ0v) is 17.1. The van der Waals surface area contributed by atoms with Crippen LogP contribution in [0.25, 0.3) is 0 Å². The van der Waals surface area contributed by atoms with Gasteiger partial charge in [0.05, 0.1) is 5.56 Å². The zero-order valence-electron chi connectivity index (χ0n) is 16.3. The summed E-state index contributed by atoms with van der Waals surface area (Å²) in [6.07, 6.45) is 4.51. The van der Waals surface area contributed by atoms with Crippen LogP contribution in [0.2, 0.25) is 0 Å². The third-order valence-electron chi connectivity index (χ3n) is 5.82. The first-order chi connectivity index (χ1) is 13.0. The van der Waals surface area contributed by atoms with Gasteiger partial charge in [0.1, 0.15) is 0 Å². The fourth-order valence-corrected chi connectivity index (χ4v) is 5.25. The average molecular weight is 379 g/mol. The van der Waals surface area contributed by atoms with Crippen LogP contribution < -0.4 is 0 Å². The van der Waals surface area contributed by atoms with Gasteiger partial charge in [-0.2, -0.15) is 0 Å². The molecule has 3 heteroatoms. The lowest BCUT2D eigenvalue weighted by Gasteiger charge is -2.38. The summed E-state index contributed by atoms with van der Waals surface area (Å²) in [6.45, 7) is 6.77. The topological polar surface area (TPSA) is 37.3 Å². The summed E-state index contributed by atoms with van der Waals surface area (Å²) in [5, 5.41) is 9.02. The molecule has 0 aliphatic carbocycles. The van der Waals surface area contributed by atoms with E-state index in [2.05, 4.69) is 44.7 Å². The number of rotatable bonds is 4. The van der Waals surface area contributed by atoms with Crippen LogP contribution >= 0.6 is 11.8 Å². The second kappa shape index (κ2) is 8.23. The van der Waals surface area contributed by atoms with Gasteiger partial charge in [-0.25, -0.2) is 4.79 Å². The second-order valence-corrected chi connectivity index (χ2v) is 8.21. The van der Waals surface area contributed by atoms with Crippen molar-refractivity contribution in [1.29, 1.82) is 0 Å². The third kappa shape index (κ3) is 3.92. The van der Waals surface area contributed by atoms with Gasteiger partial charge >= 0.3 is 5.97 Å². The van der Waals surface area contributed by atoms with Crippen LogP contribution in [0.3, 0.4) is 0 Å². The molecular formula is C24H26O2S. The van der Waals surface area contributed by atoms with Crippen LogP contribution in [-0.2, 0) is 11.8 Å². The van der Waals surface area contributed by atoms with Crippen molar-refractivity contribution in [3.63, 3.8) is 0 Å². The maximum absolute atomic E-state index is 11.0. The largest absolute Gasteiger partial charge is 0.478 e. The van der Waals surface area contributed by atoms with Crippen molar-refractivity contribution in [3.8, 4) is 11.8 Å². The van der Waals surface area contributed by atoms with Crippen molar-refractivity contribution in [1.82, 2.24) is 0 Å². The predicted molar refractivity (Wildman–Crippen MR) is 113 cm³/mol. The summed E-state index contributed by atoms with van der Waals surface area (Å²) in [4.78, 5) is 12.4. The molecule has 0 bridgehead atoms. The van der Waals surface area contributed by atoms with E-state index in [1.54, 1.807) is 24.3 Å². The lowest BCUT2D eigenvalue weighted by Crippen LogP contribution is -2.29. The highest BCUT2D eigenvalue weighted by Crippen LogP contribution is 2.46. The summed E-state index contributed by atoms with van der Waals surface area (Å²) in [7, 11) is 0. The SMILES string of the molecule is CCc1cc2c(cc1C#Cc1ccc(C(=O)O)cc1)C(CC)(CC)CCS2. The summed E-state index contributed by atoms with van der Waals surface area (Å²) in [5.74, 6) is 6.86. The Morgan fingerprint density at radius 3 is 2.41 bits per heavy atom. The van der Waals surface area contributed by atoms with Crippen LogP contribution in [0.4, 0.5) is 0 Å². The molecule has 0 unspecified atom stereocenters. The van der Waals surface area contributed by atoms with E-state index in [1.165, 1.54) is 28.2 Å². The van der Waals surface area contributed by atoms with Crippen molar-refractivity contribution in [2.24, 2.45) is 0 Å². The molecule has 1 N–H and O–H groups in total. The Hall–Kier alpha value is -2.18. The molecule has 3 rings (SSSR count). The molecule has 2 aromatic rings. The van der Waals surface area contributed by atoms with E-state index in [4.69, 9.17) is 5.11 Å². The Kier molecular flexibility index (Phi) is 5.97. The quantitative estimate of drug-likeness (QED) is 0.673. The summed E-state index contributed by atoms with van der Waals surface area (Å²) < 4.78 is 0. The Bertz CT molecular complexity index is 896. The molecule has 0 radical (unpaired) electrons. The first-order valence-electron chi connectivity index (χ1n) is 9.68. The van der Waals surface area contributed by atoms with E-state index in [-0.39, 0.29) is 11.0 Å². The van der Waals surface area contributed by atoms with Crippen molar-refractivity contribution < 1.29 is 9.90 Å². The maximum Gasteiger partial charge on any atom is 0.335 e. The molecule has 0 saturated heterocycles. The van der Waals surface area contributed by atoms with Gasteiger partial charge in [-0.15, -0.1) is 11.8 Å². The van der Waals surface area contributed by atoms with Gasteiger partial charge in [0, 0.05) is 16.0 Å². The fraction of sp³-hybridized carbons (Fsp3) is 0.375. The molecule has 0 amide bonds. The molecule has 1 aliphatic heterocycles. The maximum atomic E-state index is 11.0. The van der Waals surface area contributed by atoms with Gasteiger partial charge in [-0.05, 0) is 84.4 Å². The normalized spacial score (nSPS) is 14.8. The van der Waals surface area contributed by atoms with E-state index < -0.39 is 5.97 Å². The van der Waals surface area contributed by atoms with E-state index >= 15 is 0 Å². The highest BCUT2D eigenvalue weighted by Gasteiger charge is 2.34. The third-order valence-corrected chi connectivity index (χ3v) is 6.88. The minimum Gasteiger partial charge on any atom is -0.478 e. The number of carboxylic acid groups (broad SMARTS) is 1. The van der Waals surface area contributed by atoms with Gasteiger partial charge in [0.2, 0.25) is 0 Å². The van der Waals surface area contributed by atoms with Gasteiger partial charge in [-0.3, -0.25) is 0 Å². The average Bonchev–Trinajstić information content (AvgIpc) is 2.71. The van der Waals surface area contributed by atoms with E-state index in [9.17, 15) is 4.79 Å². The van der Waals surface area contributed by atoms with E-state index in [0.717, 1.165) is 30.4 Å². The highest BCUT2D eigenvalue weighted by atomic mass is 32.2. The van der Waals surface area contributed by atoms with Crippen molar-refractivity contribution in [2.75, 3.05) is 5.75 Å². The van der Waals surface area contributed by atoms with Gasteiger partial charge in [-0.1, -0.05) is 32.6 Å². The number of carbonyl (C=O) groups is 1. The standard InChI is InChI=1S/C24H26O2S/c1-4-18-16-22-21(24(5-2,6-3)13-14-27-22)15-20(18)12-9-17-7-10-19(11-8-17)23(25)26/h7-8,10-11,15-16H,4-6,13-14H2,1-3H3,(H,25,26). The number of hydrogen-bond acceptors (Lipinski definition) is 2. The molecule has 1 aliphatic rings. The molecule has 27 heavy (non-hydrogen) atoms. The van der Waals surface area contributed by atoms with Crippen LogP contribution in [-0.4, -0.2) is 16.8 Å². The minimum absolute atomic E-state index is 0.270. The van der Waals surface area contributed by atoms with Gasteiger partial charge < -0.3 is 5.11 Å². The summed E-state index contributed by atoms with van der Waals surface area (Å²) >= 11 is 1.97. The second-order valence-electron chi connectivity index (χ2n) is 7.08. The van der Waals surface area contributed by atoms with Gasteiger partial charge in [0.15, 0.2) is 0 Å². The number of fused-ring (bicyclic) bond motifs is 1. The van der Waals surface area contributed by atoms with Crippen LogP contribution in [0.15, 0.2) is 41.3 Å². The molecule has 1 heterocycles. The van der Waals surface area contributed by atoms with Crippen molar-refractivity contribution >= 4 is 17.7 Å². The first-order valence-corrected chi connectivity index (χ1v) is 10.7. The Balaban J connectivity index is 2.02. The number of carboxylic acids is 1. The van der Waals surface area contributed by atoms with Crippen molar-refractivity contribution in [3.05, 3.63) is 64.2 Å². The molecule has 2 aromatic carbocycles. The summed E-state index contributed by atoms with van der Waals surface area (Å²) in [5.41, 5.74) is 5.26. The van der Waals surface area contributed by atoms with Crippen molar-refractivity contribution in [2.45, 2.75) is 56.8 Å². The molecule has 2 nitrogen and oxygen atoms in total. The smallest absolute Gasteiger partial charge is 0.335 e. The molecule has 0 saturated carbocycles. The predicted octanol–water partition coefficient (Wildman–Crippen LogP) is 5.90. The number of benzene rings is 2. The fourth-order valence-electron chi connectivity index (χ4n) is 3.88. The van der Waals surface area contributed by atoms with Crippen LogP contribution in [0, 0.1) is 11.8 Å². The minimum atomic E-state index is -0.912. The van der Waals surface area contributed by atoms with Crippen LogP contribution in [0.1, 0.15) is 72.6 Å². The molecule has 0 atom stereocenters. The number of hydrogen-bond donors (Lipinski definition) is 1. The number of aryl methyl sites for hydroxylation is 1. The Labute approximate surface area is 166 Å². The van der Waals surface area contributed by atoms with Crippen LogP contribution in [0.5, 0.6) is 0 Å². The lowest BCUT2D eigenvalue weighted by atomic mass is 9.72. The van der Waals surface area contributed by atoms with E-state index in [0.29, 0.717) is 0 Å². The molecule has 0 fully saturated rings. The lowest BCUT2D eigenvalue weighted by molar-refractivity contribution is 0.0697. The molecule has 0 spiro atoms.